The fourth-order valence-corrected chi connectivity index (χ4v) is 3.79. The Bertz CT molecular complexity index is 1600. The molecule has 0 fully saturated rings. The molecule has 0 aliphatic heterocycles. The zero-order chi connectivity index (χ0) is 29.9. The molecule has 0 radical (unpaired) electrons. The van der Waals surface area contributed by atoms with Crippen LogP contribution in [0.1, 0.15) is 46.2 Å². The van der Waals surface area contributed by atoms with Gasteiger partial charge in [-0.3, -0.25) is 19.5 Å². The number of aryl methyl sites for hydroxylation is 2. The molecule has 0 aliphatic rings. The molecule has 41 heavy (non-hydrogen) atoms. The Labute approximate surface area is 230 Å². The molecule has 0 unspecified atom stereocenters. The van der Waals surface area contributed by atoms with E-state index in [0.717, 1.165) is 11.0 Å². The predicted molar refractivity (Wildman–Crippen MR) is 138 cm³/mol. The first kappa shape index (κ1) is 28.8. The number of imidazole rings is 1. The maximum absolute atomic E-state index is 13.3. The van der Waals surface area contributed by atoms with E-state index in [-0.39, 0.29) is 41.0 Å². The normalized spacial score (nSPS) is 12.1. The second-order valence-corrected chi connectivity index (χ2v) is 8.91. The Morgan fingerprint density at radius 2 is 1.95 bits per heavy atom. The number of anilines is 2. The number of amides is 3. The van der Waals surface area contributed by atoms with Crippen molar-refractivity contribution in [1.82, 2.24) is 35.0 Å². The fourth-order valence-electron chi connectivity index (χ4n) is 3.79. The smallest absolute Gasteiger partial charge is 0.361 e. The summed E-state index contributed by atoms with van der Waals surface area (Å²) in [6, 6.07) is 2.32. The minimum atomic E-state index is -4.61. The molecule has 4 heterocycles. The number of hydrogen-bond donors (Lipinski definition) is 2. The van der Waals surface area contributed by atoms with Gasteiger partial charge in [-0.15, -0.1) is 0 Å². The Morgan fingerprint density at radius 3 is 2.61 bits per heavy atom. The molecule has 1 atom stereocenters. The van der Waals surface area contributed by atoms with Crippen molar-refractivity contribution in [3.63, 3.8) is 0 Å². The average molecular weight is 572 g/mol. The lowest BCUT2D eigenvalue weighted by Crippen LogP contribution is -2.37. The number of pyridine rings is 1. The number of aromatic nitrogens is 6. The molecular weight excluding hydrogens is 547 g/mol. The summed E-state index contributed by atoms with van der Waals surface area (Å²) >= 11 is 0. The number of carbonyl (C=O) groups excluding carboxylic acids is 3. The van der Waals surface area contributed by atoms with Gasteiger partial charge in [0.15, 0.2) is 17.9 Å². The van der Waals surface area contributed by atoms with E-state index in [1.54, 1.807) is 13.0 Å². The standard InChI is InChI=1S/C25H24F3N9O4/c1-13-7-17(35-41-13)10-31-24(40)36(4)22-19(11-38)37(12-32-22)15(3)23(39)34-20-5-6-29-21(33-20)16-8-18(25(26,27)28)14(2)30-9-16/h5-9,11-12,15H,10H2,1-4H3,(H,31,40)(H,29,33,34,39)/t15-/m0/s1. The van der Waals surface area contributed by atoms with Crippen LogP contribution in [0.3, 0.4) is 0 Å². The third-order valence-electron chi connectivity index (χ3n) is 6.00. The first-order chi connectivity index (χ1) is 19.4. The molecule has 0 aliphatic carbocycles. The van der Waals surface area contributed by atoms with Gasteiger partial charge in [0.2, 0.25) is 5.91 Å². The topological polar surface area (TPSA) is 161 Å². The van der Waals surface area contributed by atoms with Gasteiger partial charge in [0.05, 0.1) is 18.4 Å². The highest BCUT2D eigenvalue weighted by molar-refractivity contribution is 5.97. The monoisotopic (exact) mass is 571 g/mol. The largest absolute Gasteiger partial charge is 0.418 e. The van der Waals surface area contributed by atoms with Gasteiger partial charge in [-0.1, -0.05) is 5.16 Å². The Kier molecular flexibility index (Phi) is 8.11. The van der Waals surface area contributed by atoms with Crippen molar-refractivity contribution in [1.29, 1.82) is 0 Å². The van der Waals surface area contributed by atoms with Crippen LogP contribution < -0.4 is 15.5 Å². The maximum atomic E-state index is 13.3. The molecule has 4 rings (SSSR count). The number of aldehydes is 1. The van der Waals surface area contributed by atoms with Gasteiger partial charge in [0, 0.05) is 36.8 Å². The third kappa shape index (κ3) is 6.37. The van der Waals surface area contributed by atoms with E-state index in [1.807, 2.05) is 0 Å². The van der Waals surface area contributed by atoms with Gasteiger partial charge in [0.25, 0.3) is 0 Å². The average Bonchev–Trinajstić information content (AvgIpc) is 3.56. The van der Waals surface area contributed by atoms with Crippen LogP contribution >= 0.6 is 0 Å². The van der Waals surface area contributed by atoms with Crippen LogP contribution in [-0.2, 0) is 17.5 Å². The Hall–Kier alpha value is -5.15. The van der Waals surface area contributed by atoms with Crippen LogP contribution in [0.4, 0.5) is 29.6 Å². The lowest BCUT2D eigenvalue weighted by molar-refractivity contribution is -0.138. The summed E-state index contributed by atoms with van der Waals surface area (Å²) in [4.78, 5) is 54.7. The minimum Gasteiger partial charge on any atom is -0.361 e. The van der Waals surface area contributed by atoms with Crippen LogP contribution in [0.2, 0.25) is 0 Å². The summed E-state index contributed by atoms with van der Waals surface area (Å²) in [5.41, 5.74) is -0.654. The lowest BCUT2D eigenvalue weighted by Gasteiger charge is -2.18. The van der Waals surface area contributed by atoms with E-state index in [0.29, 0.717) is 17.7 Å². The molecule has 214 valence electrons. The van der Waals surface area contributed by atoms with Crippen LogP contribution in [0.25, 0.3) is 11.4 Å². The van der Waals surface area contributed by atoms with Crippen molar-refractivity contribution in [2.24, 2.45) is 0 Å². The molecule has 4 aromatic heterocycles. The molecule has 16 heteroatoms. The van der Waals surface area contributed by atoms with Crippen LogP contribution in [0.5, 0.6) is 0 Å². The number of halogens is 3. The summed E-state index contributed by atoms with van der Waals surface area (Å²) in [6.07, 6.45) is -0.440. The molecule has 0 aromatic carbocycles. The van der Waals surface area contributed by atoms with E-state index in [2.05, 4.69) is 35.7 Å². The number of carbonyl (C=O) groups is 3. The second-order valence-electron chi connectivity index (χ2n) is 8.91. The number of nitrogens with zero attached hydrogens (tertiary/aromatic N) is 7. The number of nitrogens with one attached hydrogen (secondary N) is 2. The molecule has 4 aromatic rings. The zero-order valence-electron chi connectivity index (χ0n) is 22.2. The first-order valence-electron chi connectivity index (χ1n) is 12.0. The van der Waals surface area contributed by atoms with Crippen molar-refractivity contribution in [2.45, 2.75) is 39.5 Å². The molecule has 0 saturated carbocycles. The van der Waals surface area contributed by atoms with Crippen LogP contribution in [0, 0.1) is 13.8 Å². The molecule has 13 nitrogen and oxygen atoms in total. The van der Waals surface area contributed by atoms with Crippen molar-refractivity contribution in [3.8, 4) is 11.4 Å². The van der Waals surface area contributed by atoms with Gasteiger partial charge in [-0.05, 0) is 32.9 Å². The molecule has 0 spiro atoms. The molecule has 0 saturated heterocycles. The minimum absolute atomic E-state index is 0.00476. The Morgan fingerprint density at radius 1 is 1.20 bits per heavy atom. The predicted octanol–water partition coefficient (Wildman–Crippen LogP) is 3.72. The maximum Gasteiger partial charge on any atom is 0.418 e. The number of alkyl halides is 3. The SMILES string of the molecule is Cc1cc(CNC(=O)N(C)c2ncn([C@@H](C)C(=O)Nc3ccnc(-c4cnc(C)c(C(F)(F)F)c4)n3)c2C=O)no1. The number of urea groups is 1. The molecule has 3 amide bonds. The van der Waals surface area contributed by atoms with Crippen LogP contribution in [0.15, 0.2) is 41.4 Å². The van der Waals surface area contributed by atoms with Crippen molar-refractivity contribution >= 4 is 29.9 Å². The number of hydrogen-bond acceptors (Lipinski definition) is 9. The summed E-state index contributed by atoms with van der Waals surface area (Å²) in [7, 11) is 1.40. The van der Waals surface area contributed by atoms with Gasteiger partial charge in [-0.25, -0.2) is 19.7 Å². The first-order valence-corrected chi connectivity index (χ1v) is 12.0. The van der Waals surface area contributed by atoms with E-state index < -0.39 is 29.7 Å². The summed E-state index contributed by atoms with van der Waals surface area (Å²) < 4.78 is 46.2. The second kappa shape index (κ2) is 11.5. The fraction of sp³-hybridized carbons (Fsp3) is 0.280. The quantitative estimate of drug-likeness (QED) is 0.300. The summed E-state index contributed by atoms with van der Waals surface area (Å²) in [6.45, 7) is 4.52. The highest BCUT2D eigenvalue weighted by Gasteiger charge is 2.33. The zero-order valence-corrected chi connectivity index (χ0v) is 22.2. The van der Waals surface area contributed by atoms with E-state index in [9.17, 15) is 27.6 Å². The van der Waals surface area contributed by atoms with E-state index in [4.69, 9.17) is 4.52 Å². The van der Waals surface area contributed by atoms with Crippen molar-refractivity contribution < 1.29 is 32.1 Å². The van der Waals surface area contributed by atoms with Crippen molar-refractivity contribution in [3.05, 3.63) is 65.3 Å². The molecule has 2 N–H and O–H groups in total. The van der Waals surface area contributed by atoms with Gasteiger partial charge < -0.3 is 19.7 Å². The molecule has 0 bridgehead atoms. The van der Waals surface area contributed by atoms with Gasteiger partial charge in [0.1, 0.15) is 29.0 Å². The Balaban J connectivity index is 1.48. The van der Waals surface area contributed by atoms with Gasteiger partial charge in [-0.2, -0.15) is 13.2 Å². The van der Waals surface area contributed by atoms with E-state index >= 15 is 0 Å². The third-order valence-corrected chi connectivity index (χ3v) is 6.00. The van der Waals surface area contributed by atoms with Gasteiger partial charge >= 0.3 is 12.2 Å². The number of rotatable bonds is 8. The lowest BCUT2D eigenvalue weighted by atomic mass is 10.1. The highest BCUT2D eigenvalue weighted by atomic mass is 19.4. The molecular formula is C25H24F3N9O4. The van der Waals surface area contributed by atoms with E-state index in [1.165, 1.54) is 50.2 Å². The van der Waals surface area contributed by atoms with Crippen molar-refractivity contribution in [2.75, 3.05) is 17.3 Å². The van der Waals surface area contributed by atoms with Crippen LogP contribution in [-0.4, -0.2) is 54.9 Å². The summed E-state index contributed by atoms with van der Waals surface area (Å²) in [5.74, 6) is -0.106. The summed E-state index contributed by atoms with van der Waals surface area (Å²) in [5, 5.41) is 8.97. The highest BCUT2D eigenvalue weighted by Crippen LogP contribution is 2.33.